The molecule has 0 radical (unpaired) electrons. The number of benzene rings is 1. The second kappa shape index (κ2) is 8.78. The van der Waals surface area contributed by atoms with Crippen LogP contribution >= 0.6 is 0 Å². The smallest absolute Gasteiger partial charge is 0.260 e. The fourth-order valence-electron chi connectivity index (χ4n) is 4.11. The molecule has 0 saturated carbocycles. The number of hydrogen-bond acceptors (Lipinski definition) is 6. The fourth-order valence-corrected chi connectivity index (χ4v) is 4.11. The van der Waals surface area contributed by atoms with E-state index in [0.717, 1.165) is 68.5 Å². The van der Waals surface area contributed by atoms with Gasteiger partial charge in [-0.15, -0.1) is 0 Å². The SMILES string of the molecule is CNc1nc(C2CCN(C(=O)COc3ccccc3)CC2)nc2c1CCN(C)C2. The van der Waals surface area contributed by atoms with Gasteiger partial charge in [-0.05, 0) is 38.4 Å². The summed E-state index contributed by atoms with van der Waals surface area (Å²) in [5.41, 5.74) is 2.39. The summed E-state index contributed by atoms with van der Waals surface area (Å²) in [5, 5.41) is 3.26. The third-order valence-electron chi connectivity index (χ3n) is 5.83. The topological polar surface area (TPSA) is 70.6 Å². The highest BCUT2D eigenvalue weighted by atomic mass is 16.5. The van der Waals surface area contributed by atoms with Crippen LogP contribution in [0, 0.1) is 0 Å². The van der Waals surface area contributed by atoms with Crippen molar-refractivity contribution in [2.75, 3.05) is 45.7 Å². The highest BCUT2D eigenvalue weighted by Gasteiger charge is 2.28. The molecule has 2 aliphatic heterocycles. The molecule has 0 atom stereocenters. The number of carbonyl (C=O) groups excluding carboxylic acids is 1. The molecule has 2 aromatic rings. The van der Waals surface area contributed by atoms with Crippen molar-refractivity contribution in [3.63, 3.8) is 0 Å². The number of anilines is 1. The Bertz CT molecular complexity index is 850. The number of nitrogens with one attached hydrogen (secondary N) is 1. The number of carbonyl (C=O) groups is 1. The Morgan fingerprint density at radius 1 is 1.17 bits per heavy atom. The molecule has 1 amide bonds. The molecular weight excluding hydrogens is 366 g/mol. The van der Waals surface area contributed by atoms with Gasteiger partial charge >= 0.3 is 0 Å². The lowest BCUT2D eigenvalue weighted by Gasteiger charge is -2.32. The first-order chi connectivity index (χ1) is 14.1. The molecule has 1 saturated heterocycles. The summed E-state index contributed by atoms with van der Waals surface area (Å²) in [6.07, 6.45) is 2.75. The predicted octanol–water partition coefficient (Wildman–Crippen LogP) is 2.29. The number of amides is 1. The van der Waals surface area contributed by atoms with Crippen molar-refractivity contribution in [1.29, 1.82) is 0 Å². The van der Waals surface area contributed by atoms with Crippen molar-refractivity contribution in [1.82, 2.24) is 19.8 Å². The van der Waals surface area contributed by atoms with Crippen LogP contribution < -0.4 is 10.1 Å². The minimum absolute atomic E-state index is 0.0381. The van der Waals surface area contributed by atoms with Crippen LogP contribution in [0.5, 0.6) is 5.75 Å². The Kier molecular flexibility index (Phi) is 5.94. The molecule has 1 N–H and O–H groups in total. The van der Waals surface area contributed by atoms with Crippen LogP contribution in [0.15, 0.2) is 30.3 Å². The Balaban J connectivity index is 1.37. The molecule has 2 aliphatic rings. The lowest BCUT2D eigenvalue weighted by atomic mass is 9.95. The normalized spacial score (nSPS) is 17.7. The lowest BCUT2D eigenvalue weighted by Crippen LogP contribution is -2.41. The van der Waals surface area contributed by atoms with Crippen LogP contribution in [-0.2, 0) is 17.8 Å². The van der Waals surface area contributed by atoms with Crippen LogP contribution in [0.3, 0.4) is 0 Å². The number of hydrogen-bond donors (Lipinski definition) is 1. The van der Waals surface area contributed by atoms with E-state index in [1.807, 2.05) is 42.3 Å². The molecule has 7 nitrogen and oxygen atoms in total. The molecule has 1 fully saturated rings. The third-order valence-corrected chi connectivity index (χ3v) is 5.83. The Labute approximate surface area is 172 Å². The van der Waals surface area contributed by atoms with Crippen LogP contribution in [0.4, 0.5) is 5.82 Å². The number of aromatic nitrogens is 2. The average molecular weight is 396 g/mol. The number of fused-ring (bicyclic) bond motifs is 1. The van der Waals surface area contributed by atoms with Gasteiger partial charge in [0.25, 0.3) is 5.91 Å². The minimum Gasteiger partial charge on any atom is -0.484 e. The summed E-state index contributed by atoms with van der Waals surface area (Å²) in [5.74, 6) is 2.93. The lowest BCUT2D eigenvalue weighted by molar-refractivity contribution is -0.134. The van der Waals surface area contributed by atoms with E-state index in [-0.39, 0.29) is 12.5 Å². The number of para-hydroxylation sites is 1. The summed E-state index contributed by atoms with van der Waals surface area (Å²) in [6, 6.07) is 9.47. The van der Waals surface area contributed by atoms with Crippen LogP contribution in [0.1, 0.15) is 35.8 Å². The van der Waals surface area contributed by atoms with E-state index < -0.39 is 0 Å². The number of rotatable bonds is 5. The molecule has 0 unspecified atom stereocenters. The molecule has 0 spiro atoms. The third kappa shape index (κ3) is 4.50. The second-order valence-electron chi connectivity index (χ2n) is 7.85. The summed E-state index contributed by atoms with van der Waals surface area (Å²) in [4.78, 5) is 26.4. The molecule has 29 heavy (non-hydrogen) atoms. The molecule has 1 aromatic heterocycles. The standard InChI is InChI=1S/C22H29N5O2/c1-23-22-18-10-11-26(2)14-19(18)24-21(25-22)16-8-12-27(13-9-16)20(28)15-29-17-6-4-3-5-7-17/h3-7,16H,8-15H2,1-2H3,(H,23,24,25). The van der Waals surface area contributed by atoms with E-state index in [1.165, 1.54) is 5.56 Å². The Morgan fingerprint density at radius 3 is 2.66 bits per heavy atom. The van der Waals surface area contributed by atoms with Crippen molar-refractivity contribution >= 4 is 11.7 Å². The molecule has 4 rings (SSSR count). The Morgan fingerprint density at radius 2 is 1.93 bits per heavy atom. The summed E-state index contributed by atoms with van der Waals surface area (Å²) in [7, 11) is 4.06. The van der Waals surface area contributed by atoms with Gasteiger partial charge in [-0.3, -0.25) is 4.79 Å². The van der Waals surface area contributed by atoms with Crippen LogP contribution in [-0.4, -0.2) is 66.0 Å². The zero-order valence-corrected chi connectivity index (χ0v) is 17.2. The van der Waals surface area contributed by atoms with E-state index in [4.69, 9.17) is 14.7 Å². The van der Waals surface area contributed by atoms with Gasteiger partial charge in [-0.25, -0.2) is 9.97 Å². The summed E-state index contributed by atoms with van der Waals surface area (Å²) in [6.45, 7) is 3.43. The minimum atomic E-state index is 0.0381. The molecule has 154 valence electrons. The first-order valence-corrected chi connectivity index (χ1v) is 10.4. The van der Waals surface area contributed by atoms with E-state index >= 15 is 0 Å². The highest BCUT2D eigenvalue weighted by molar-refractivity contribution is 5.77. The largest absolute Gasteiger partial charge is 0.484 e. The van der Waals surface area contributed by atoms with E-state index in [2.05, 4.69) is 17.3 Å². The summed E-state index contributed by atoms with van der Waals surface area (Å²) >= 11 is 0. The first-order valence-electron chi connectivity index (χ1n) is 10.4. The number of likely N-dealkylation sites (N-methyl/N-ethyl adjacent to an activating group) is 1. The average Bonchev–Trinajstić information content (AvgIpc) is 2.77. The fraction of sp³-hybridized carbons (Fsp3) is 0.500. The molecule has 1 aromatic carbocycles. The van der Waals surface area contributed by atoms with Crippen molar-refractivity contribution < 1.29 is 9.53 Å². The van der Waals surface area contributed by atoms with E-state index in [1.54, 1.807) is 0 Å². The quantitative estimate of drug-likeness (QED) is 0.838. The number of piperidine rings is 1. The maximum Gasteiger partial charge on any atom is 0.260 e. The highest BCUT2D eigenvalue weighted by Crippen LogP contribution is 2.30. The predicted molar refractivity (Wildman–Crippen MR) is 112 cm³/mol. The van der Waals surface area contributed by atoms with Crippen LogP contribution in [0.25, 0.3) is 0 Å². The van der Waals surface area contributed by atoms with Gasteiger partial charge in [0.05, 0.1) is 5.69 Å². The van der Waals surface area contributed by atoms with E-state index in [9.17, 15) is 4.79 Å². The maximum atomic E-state index is 12.5. The number of nitrogens with zero attached hydrogens (tertiary/aromatic N) is 4. The van der Waals surface area contributed by atoms with Crippen molar-refractivity contribution in [3.05, 3.63) is 47.4 Å². The molecule has 3 heterocycles. The Hall–Kier alpha value is -2.67. The van der Waals surface area contributed by atoms with Gasteiger partial charge in [-0.2, -0.15) is 0 Å². The molecule has 0 bridgehead atoms. The van der Waals surface area contributed by atoms with Crippen molar-refractivity contribution in [3.8, 4) is 5.75 Å². The summed E-state index contributed by atoms with van der Waals surface area (Å²) < 4.78 is 5.61. The number of ether oxygens (including phenoxy) is 1. The van der Waals surface area contributed by atoms with E-state index in [0.29, 0.717) is 5.92 Å². The monoisotopic (exact) mass is 395 g/mol. The van der Waals surface area contributed by atoms with Gasteiger partial charge in [0.1, 0.15) is 17.4 Å². The molecule has 7 heteroatoms. The van der Waals surface area contributed by atoms with Crippen molar-refractivity contribution in [2.24, 2.45) is 0 Å². The van der Waals surface area contributed by atoms with Crippen molar-refractivity contribution in [2.45, 2.75) is 31.7 Å². The zero-order valence-electron chi connectivity index (χ0n) is 17.2. The molecule has 0 aliphatic carbocycles. The maximum absolute atomic E-state index is 12.5. The van der Waals surface area contributed by atoms with Gasteiger partial charge in [-0.1, -0.05) is 18.2 Å². The number of likely N-dealkylation sites (tertiary alicyclic amines) is 1. The van der Waals surface area contributed by atoms with Gasteiger partial charge in [0.2, 0.25) is 0 Å². The van der Waals surface area contributed by atoms with Crippen LogP contribution in [0.2, 0.25) is 0 Å². The second-order valence-corrected chi connectivity index (χ2v) is 7.85. The van der Waals surface area contributed by atoms with Gasteiger partial charge < -0.3 is 19.9 Å². The zero-order chi connectivity index (χ0) is 20.2. The first kappa shape index (κ1) is 19.6. The van der Waals surface area contributed by atoms with Gasteiger partial charge in [0.15, 0.2) is 6.61 Å². The van der Waals surface area contributed by atoms with Gasteiger partial charge in [0, 0.05) is 44.7 Å². The molecular formula is C22H29N5O2.